The van der Waals surface area contributed by atoms with Crippen molar-refractivity contribution in [3.8, 4) is 11.5 Å². The first-order valence-electron chi connectivity index (χ1n) is 8.60. The van der Waals surface area contributed by atoms with Gasteiger partial charge in [-0.15, -0.1) is 0 Å². The standard InChI is InChI=1S/C22H19ClN2O3/c1-27-20-9-5-8-18(21(20)28-15-16-6-3-2-4-7-16)14-24-25-22(26)17-10-12-19(23)13-11-17/h2-14H,15H2,1H3,(H,25,26)/b24-14-. The monoisotopic (exact) mass is 394 g/mol. The Bertz CT molecular complexity index is 957. The van der Waals surface area contributed by atoms with Crippen molar-refractivity contribution in [2.75, 3.05) is 7.11 Å². The van der Waals surface area contributed by atoms with Crippen LogP contribution in [0.4, 0.5) is 0 Å². The zero-order valence-electron chi connectivity index (χ0n) is 15.3. The van der Waals surface area contributed by atoms with Gasteiger partial charge in [0.05, 0.1) is 13.3 Å². The van der Waals surface area contributed by atoms with Crippen LogP contribution in [0.1, 0.15) is 21.5 Å². The zero-order valence-corrected chi connectivity index (χ0v) is 16.0. The highest BCUT2D eigenvalue weighted by molar-refractivity contribution is 6.30. The second kappa shape index (κ2) is 9.58. The van der Waals surface area contributed by atoms with Crippen LogP contribution in [0.25, 0.3) is 0 Å². The van der Waals surface area contributed by atoms with Gasteiger partial charge in [-0.3, -0.25) is 4.79 Å². The summed E-state index contributed by atoms with van der Waals surface area (Å²) in [6.07, 6.45) is 1.52. The number of amides is 1. The van der Waals surface area contributed by atoms with Gasteiger partial charge in [-0.05, 0) is 42.0 Å². The van der Waals surface area contributed by atoms with Gasteiger partial charge in [-0.25, -0.2) is 5.43 Å². The van der Waals surface area contributed by atoms with E-state index in [4.69, 9.17) is 21.1 Å². The molecule has 0 atom stereocenters. The molecule has 142 valence electrons. The lowest BCUT2D eigenvalue weighted by Crippen LogP contribution is -2.17. The summed E-state index contributed by atoms with van der Waals surface area (Å²) in [5.74, 6) is 0.810. The van der Waals surface area contributed by atoms with Crippen LogP contribution in [0.3, 0.4) is 0 Å². The molecule has 3 aromatic carbocycles. The van der Waals surface area contributed by atoms with Gasteiger partial charge in [0.1, 0.15) is 6.61 Å². The van der Waals surface area contributed by atoms with E-state index in [1.54, 1.807) is 31.4 Å². The highest BCUT2D eigenvalue weighted by Gasteiger charge is 2.10. The summed E-state index contributed by atoms with van der Waals surface area (Å²) in [5, 5.41) is 4.60. The van der Waals surface area contributed by atoms with Crippen LogP contribution < -0.4 is 14.9 Å². The predicted molar refractivity (Wildman–Crippen MR) is 110 cm³/mol. The third-order valence-corrected chi connectivity index (χ3v) is 4.18. The minimum absolute atomic E-state index is 0.331. The predicted octanol–water partition coefficient (Wildman–Crippen LogP) is 4.69. The van der Waals surface area contributed by atoms with E-state index < -0.39 is 0 Å². The average molecular weight is 395 g/mol. The second-order valence-corrected chi connectivity index (χ2v) is 6.30. The molecular weight excluding hydrogens is 376 g/mol. The number of hydrogen-bond acceptors (Lipinski definition) is 4. The molecule has 0 saturated heterocycles. The fraction of sp³-hybridized carbons (Fsp3) is 0.0909. The summed E-state index contributed by atoms with van der Waals surface area (Å²) in [6, 6.07) is 21.9. The number of hydrazone groups is 1. The van der Waals surface area contributed by atoms with Gasteiger partial charge >= 0.3 is 0 Å². The van der Waals surface area contributed by atoms with Gasteiger partial charge in [-0.1, -0.05) is 48.0 Å². The Morgan fingerprint density at radius 1 is 1.04 bits per heavy atom. The molecule has 0 spiro atoms. The van der Waals surface area contributed by atoms with Crippen molar-refractivity contribution in [3.63, 3.8) is 0 Å². The number of halogens is 1. The number of nitrogens with zero attached hydrogens (tertiary/aromatic N) is 1. The van der Waals surface area contributed by atoms with E-state index in [-0.39, 0.29) is 5.91 Å². The van der Waals surface area contributed by atoms with E-state index in [1.165, 1.54) is 6.21 Å². The Labute approximate surface area is 168 Å². The Balaban J connectivity index is 1.72. The van der Waals surface area contributed by atoms with E-state index in [0.29, 0.717) is 34.3 Å². The Hall–Kier alpha value is -3.31. The summed E-state index contributed by atoms with van der Waals surface area (Å²) in [5.41, 5.74) is 4.68. The second-order valence-electron chi connectivity index (χ2n) is 5.86. The van der Waals surface area contributed by atoms with E-state index >= 15 is 0 Å². The summed E-state index contributed by atoms with van der Waals surface area (Å²) < 4.78 is 11.4. The van der Waals surface area contributed by atoms with E-state index in [2.05, 4.69) is 10.5 Å². The quantitative estimate of drug-likeness (QED) is 0.467. The first-order valence-corrected chi connectivity index (χ1v) is 8.98. The first kappa shape index (κ1) is 19.5. The van der Waals surface area contributed by atoms with Crippen LogP contribution in [0.15, 0.2) is 77.9 Å². The Morgan fingerprint density at radius 3 is 2.50 bits per heavy atom. The van der Waals surface area contributed by atoms with Crippen LogP contribution in [-0.4, -0.2) is 19.2 Å². The van der Waals surface area contributed by atoms with Crippen molar-refractivity contribution in [3.05, 3.63) is 94.5 Å². The molecule has 0 radical (unpaired) electrons. The summed E-state index contributed by atoms with van der Waals surface area (Å²) in [4.78, 5) is 12.1. The number of methoxy groups -OCH3 is 1. The molecule has 28 heavy (non-hydrogen) atoms. The largest absolute Gasteiger partial charge is 0.493 e. The van der Waals surface area contributed by atoms with Crippen molar-refractivity contribution in [1.82, 2.24) is 5.43 Å². The van der Waals surface area contributed by atoms with Gasteiger partial charge in [0.25, 0.3) is 5.91 Å². The number of benzene rings is 3. The van der Waals surface area contributed by atoms with E-state index in [1.807, 2.05) is 48.5 Å². The van der Waals surface area contributed by atoms with Gasteiger partial charge in [0.2, 0.25) is 0 Å². The number of para-hydroxylation sites is 1. The van der Waals surface area contributed by atoms with E-state index in [0.717, 1.165) is 5.56 Å². The molecule has 0 aromatic heterocycles. The maximum Gasteiger partial charge on any atom is 0.271 e. The summed E-state index contributed by atoms with van der Waals surface area (Å²) in [6.45, 7) is 0.388. The van der Waals surface area contributed by atoms with Crippen molar-refractivity contribution in [2.24, 2.45) is 5.10 Å². The number of hydrogen-bond donors (Lipinski definition) is 1. The van der Waals surface area contributed by atoms with Crippen molar-refractivity contribution in [2.45, 2.75) is 6.61 Å². The molecule has 1 N–H and O–H groups in total. The smallest absolute Gasteiger partial charge is 0.271 e. The van der Waals surface area contributed by atoms with Crippen LogP contribution in [0, 0.1) is 0 Å². The molecule has 3 aromatic rings. The first-order chi connectivity index (χ1) is 13.7. The number of carbonyl (C=O) groups is 1. The van der Waals surface area contributed by atoms with Gasteiger partial charge in [0, 0.05) is 16.1 Å². The van der Waals surface area contributed by atoms with Crippen LogP contribution in [0.5, 0.6) is 11.5 Å². The third-order valence-electron chi connectivity index (χ3n) is 3.93. The molecule has 0 unspecified atom stereocenters. The van der Waals surface area contributed by atoms with Crippen molar-refractivity contribution < 1.29 is 14.3 Å². The van der Waals surface area contributed by atoms with Crippen molar-refractivity contribution >= 4 is 23.7 Å². The molecule has 5 nitrogen and oxygen atoms in total. The zero-order chi connectivity index (χ0) is 19.8. The lowest BCUT2D eigenvalue weighted by molar-refractivity contribution is 0.0955. The van der Waals surface area contributed by atoms with Gasteiger partial charge in [-0.2, -0.15) is 5.10 Å². The normalized spacial score (nSPS) is 10.6. The number of ether oxygens (including phenoxy) is 2. The molecule has 0 aliphatic rings. The van der Waals surface area contributed by atoms with Gasteiger partial charge < -0.3 is 9.47 Å². The minimum Gasteiger partial charge on any atom is -0.493 e. The molecule has 0 heterocycles. The van der Waals surface area contributed by atoms with Crippen LogP contribution in [-0.2, 0) is 6.61 Å². The van der Waals surface area contributed by atoms with Gasteiger partial charge in [0.15, 0.2) is 11.5 Å². The lowest BCUT2D eigenvalue weighted by Gasteiger charge is -2.13. The molecule has 0 aliphatic carbocycles. The third kappa shape index (κ3) is 5.11. The molecule has 6 heteroatoms. The van der Waals surface area contributed by atoms with Crippen LogP contribution in [0.2, 0.25) is 5.02 Å². The number of carbonyl (C=O) groups excluding carboxylic acids is 1. The fourth-order valence-electron chi connectivity index (χ4n) is 2.51. The summed E-state index contributed by atoms with van der Waals surface area (Å²) in [7, 11) is 1.58. The maximum absolute atomic E-state index is 12.1. The SMILES string of the molecule is COc1cccc(/C=N\NC(=O)c2ccc(Cl)cc2)c1OCc1ccccc1. The molecule has 1 amide bonds. The molecule has 0 aliphatic heterocycles. The molecular formula is C22H19ClN2O3. The van der Waals surface area contributed by atoms with Crippen molar-refractivity contribution in [1.29, 1.82) is 0 Å². The number of rotatable bonds is 7. The lowest BCUT2D eigenvalue weighted by atomic mass is 10.2. The van der Waals surface area contributed by atoms with E-state index in [9.17, 15) is 4.79 Å². The highest BCUT2D eigenvalue weighted by atomic mass is 35.5. The molecule has 3 rings (SSSR count). The topological polar surface area (TPSA) is 59.9 Å². The minimum atomic E-state index is -0.331. The highest BCUT2D eigenvalue weighted by Crippen LogP contribution is 2.30. The molecule has 0 fully saturated rings. The maximum atomic E-state index is 12.1. The molecule has 0 bridgehead atoms. The van der Waals surface area contributed by atoms with Crippen LogP contribution >= 0.6 is 11.6 Å². The Kier molecular flexibility index (Phi) is 6.65. The Morgan fingerprint density at radius 2 is 1.79 bits per heavy atom. The molecule has 0 saturated carbocycles. The number of nitrogens with one attached hydrogen (secondary N) is 1. The average Bonchev–Trinajstić information content (AvgIpc) is 2.73. The summed E-state index contributed by atoms with van der Waals surface area (Å²) >= 11 is 5.83. The fourth-order valence-corrected chi connectivity index (χ4v) is 2.63.